The molecule has 144 valence electrons. The van der Waals surface area contributed by atoms with Crippen molar-refractivity contribution >= 4 is 23.5 Å². The fourth-order valence-electron chi connectivity index (χ4n) is 4.11. The van der Waals surface area contributed by atoms with E-state index < -0.39 is 11.6 Å². The van der Waals surface area contributed by atoms with E-state index in [0.717, 1.165) is 35.3 Å². The van der Waals surface area contributed by atoms with E-state index in [1.807, 2.05) is 54.6 Å². The summed E-state index contributed by atoms with van der Waals surface area (Å²) < 4.78 is 0. The Labute approximate surface area is 163 Å². The molecule has 28 heavy (non-hydrogen) atoms. The predicted molar refractivity (Wildman–Crippen MR) is 107 cm³/mol. The molecular formula is C22H23N3O3. The van der Waals surface area contributed by atoms with Crippen molar-refractivity contribution < 1.29 is 14.4 Å². The Kier molecular flexibility index (Phi) is 4.86. The molecule has 1 heterocycles. The molecule has 4 rings (SSSR count). The second-order valence-corrected chi connectivity index (χ2v) is 7.42. The molecule has 2 N–H and O–H groups in total. The Balaban J connectivity index is 1.49. The largest absolute Gasteiger partial charge is 0.325 e. The van der Waals surface area contributed by atoms with Crippen molar-refractivity contribution in [3.63, 3.8) is 0 Å². The molecule has 1 saturated heterocycles. The highest BCUT2D eigenvalue weighted by Crippen LogP contribution is 2.33. The van der Waals surface area contributed by atoms with E-state index in [1.54, 1.807) is 0 Å². The second-order valence-electron chi connectivity index (χ2n) is 7.42. The third-order valence-corrected chi connectivity index (χ3v) is 5.54. The van der Waals surface area contributed by atoms with Crippen molar-refractivity contribution in [1.82, 2.24) is 10.2 Å². The van der Waals surface area contributed by atoms with E-state index in [9.17, 15) is 14.4 Å². The van der Waals surface area contributed by atoms with Crippen LogP contribution in [0.25, 0.3) is 11.1 Å². The van der Waals surface area contributed by atoms with Crippen LogP contribution in [0.5, 0.6) is 0 Å². The quantitative estimate of drug-likeness (QED) is 0.800. The van der Waals surface area contributed by atoms with Gasteiger partial charge in [0.15, 0.2) is 0 Å². The van der Waals surface area contributed by atoms with Gasteiger partial charge in [0.2, 0.25) is 5.91 Å². The van der Waals surface area contributed by atoms with Crippen molar-refractivity contribution in [3.8, 4) is 11.1 Å². The summed E-state index contributed by atoms with van der Waals surface area (Å²) >= 11 is 0. The molecule has 0 aromatic heterocycles. The fraction of sp³-hybridized carbons (Fsp3) is 0.318. The zero-order valence-corrected chi connectivity index (χ0v) is 15.6. The van der Waals surface area contributed by atoms with Crippen molar-refractivity contribution in [2.45, 2.75) is 37.6 Å². The van der Waals surface area contributed by atoms with Gasteiger partial charge >= 0.3 is 6.03 Å². The minimum Gasteiger partial charge on any atom is -0.324 e. The molecule has 2 aromatic carbocycles. The van der Waals surface area contributed by atoms with E-state index in [0.29, 0.717) is 18.5 Å². The number of amides is 4. The number of rotatable bonds is 4. The van der Waals surface area contributed by atoms with Crippen LogP contribution in [-0.4, -0.2) is 34.8 Å². The number of carbonyl (C=O) groups is 3. The van der Waals surface area contributed by atoms with E-state index in [-0.39, 0.29) is 18.4 Å². The van der Waals surface area contributed by atoms with E-state index in [2.05, 4.69) is 10.6 Å². The Morgan fingerprint density at radius 2 is 1.64 bits per heavy atom. The first-order valence-corrected chi connectivity index (χ1v) is 9.67. The van der Waals surface area contributed by atoms with Gasteiger partial charge in [-0.25, -0.2) is 4.79 Å². The second kappa shape index (κ2) is 7.46. The monoisotopic (exact) mass is 377 g/mol. The maximum atomic E-state index is 12.8. The third-order valence-electron chi connectivity index (χ3n) is 5.54. The van der Waals surface area contributed by atoms with Gasteiger partial charge in [-0.15, -0.1) is 0 Å². The van der Waals surface area contributed by atoms with Gasteiger partial charge in [-0.1, -0.05) is 67.8 Å². The summed E-state index contributed by atoms with van der Waals surface area (Å²) in [7, 11) is 0. The summed E-state index contributed by atoms with van der Waals surface area (Å²) in [6.45, 7) is -0.282. The van der Waals surface area contributed by atoms with E-state index in [1.165, 1.54) is 0 Å². The van der Waals surface area contributed by atoms with Crippen molar-refractivity contribution in [2.24, 2.45) is 0 Å². The molecule has 1 saturated carbocycles. The number of hydrogen-bond acceptors (Lipinski definition) is 3. The van der Waals surface area contributed by atoms with Gasteiger partial charge in [0, 0.05) is 11.3 Å². The lowest BCUT2D eigenvalue weighted by atomic mass is 9.82. The van der Waals surface area contributed by atoms with Gasteiger partial charge in [0.1, 0.15) is 12.1 Å². The molecule has 2 fully saturated rings. The molecule has 1 aliphatic heterocycles. The Bertz CT molecular complexity index is 904. The summed E-state index contributed by atoms with van der Waals surface area (Å²) in [5, 5.41) is 5.69. The maximum absolute atomic E-state index is 12.8. The van der Waals surface area contributed by atoms with Gasteiger partial charge in [-0.2, -0.15) is 0 Å². The van der Waals surface area contributed by atoms with Crippen LogP contribution in [0.2, 0.25) is 0 Å². The molecule has 4 amide bonds. The molecule has 0 atom stereocenters. The van der Waals surface area contributed by atoms with E-state index in [4.69, 9.17) is 0 Å². The molecule has 1 spiro atoms. The highest BCUT2D eigenvalue weighted by molar-refractivity contribution is 6.10. The van der Waals surface area contributed by atoms with Crippen molar-refractivity contribution in [3.05, 3.63) is 54.6 Å². The Morgan fingerprint density at radius 1 is 0.964 bits per heavy atom. The van der Waals surface area contributed by atoms with Crippen LogP contribution in [0, 0.1) is 0 Å². The van der Waals surface area contributed by atoms with Crippen LogP contribution in [-0.2, 0) is 9.59 Å². The summed E-state index contributed by atoms with van der Waals surface area (Å²) in [5.41, 5.74) is 1.71. The molecule has 2 aromatic rings. The highest BCUT2D eigenvalue weighted by atomic mass is 16.2. The van der Waals surface area contributed by atoms with Gasteiger partial charge in [0.05, 0.1) is 0 Å². The molecular weight excluding hydrogens is 354 g/mol. The molecule has 0 unspecified atom stereocenters. The van der Waals surface area contributed by atoms with Crippen LogP contribution in [0.15, 0.2) is 54.6 Å². The molecule has 6 nitrogen and oxygen atoms in total. The van der Waals surface area contributed by atoms with Crippen LogP contribution in [0.4, 0.5) is 10.5 Å². The van der Waals surface area contributed by atoms with E-state index >= 15 is 0 Å². The number of hydrogen-bond donors (Lipinski definition) is 2. The molecule has 2 aliphatic rings. The number of anilines is 1. The minimum atomic E-state index is -0.808. The first kappa shape index (κ1) is 18.2. The van der Waals surface area contributed by atoms with Crippen molar-refractivity contribution in [2.75, 3.05) is 11.9 Å². The molecule has 1 aliphatic carbocycles. The standard InChI is InChI=1S/C22H23N3O3/c26-19(15-25-20(27)22(24-21(25)28)13-7-2-8-14-22)23-18-12-6-5-11-17(18)16-9-3-1-4-10-16/h1,3-6,9-12H,2,7-8,13-15H2,(H,23,26)(H,24,28). The first-order chi connectivity index (χ1) is 13.6. The number of imide groups is 1. The summed E-state index contributed by atoms with van der Waals surface area (Å²) in [4.78, 5) is 38.9. The normalized spacial score (nSPS) is 18.2. The molecule has 0 radical (unpaired) electrons. The van der Waals surface area contributed by atoms with Gasteiger partial charge in [-0.05, 0) is 24.5 Å². The predicted octanol–water partition coefficient (Wildman–Crippen LogP) is 3.55. The maximum Gasteiger partial charge on any atom is 0.325 e. The minimum absolute atomic E-state index is 0.274. The Hall–Kier alpha value is -3.15. The summed E-state index contributed by atoms with van der Waals surface area (Å²) in [6, 6.07) is 16.8. The number of nitrogens with one attached hydrogen (secondary N) is 2. The third kappa shape index (κ3) is 3.38. The molecule has 6 heteroatoms. The van der Waals surface area contributed by atoms with Crippen LogP contribution in [0.3, 0.4) is 0 Å². The van der Waals surface area contributed by atoms with Gasteiger partial charge in [0.25, 0.3) is 5.91 Å². The summed E-state index contributed by atoms with van der Waals surface area (Å²) in [6.07, 6.45) is 4.19. The lowest BCUT2D eigenvalue weighted by Gasteiger charge is -2.30. The van der Waals surface area contributed by atoms with Gasteiger partial charge < -0.3 is 10.6 Å². The number of carbonyl (C=O) groups excluding carboxylic acids is 3. The topological polar surface area (TPSA) is 78.5 Å². The SMILES string of the molecule is O=C(CN1C(=O)NC2(CCCCC2)C1=O)Nc1ccccc1-c1ccccc1. The van der Waals surface area contributed by atoms with Crippen LogP contribution >= 0.6 is 0 Å². The lowest BCUT2D eigenvalue weighted by Crippen LogP contribution is -2.48. The lowest BCUT2D eigenvalue weighted by molar-refractivity contribution is -0.134. The summed E-state index contributed by atoms with van der Waals surface area (Å²) in [5.74, 6) is -0.663. The Morgan fingerprint density at radius 3 is 2.39 bits per heavy atom. The number of para-hydroxylation sites is 1. The average Bonchev–Trinajstić information content (AvgIpc) is 2.93. The number of urea groups is 1. The first-order valence-electron chi connectivity index (χ1n) is 9.67. The fourth-order valence-corrected chi connectivity index (χ4v) is 4.11. The van der Waals surface area contributed by atoms with Crippen LogP contribution in [0.1, 0.15) is 32.1 Å². The van der Waals surface area contributed by atoms with Gasteiger partial charge in [-0.3, -0.25) is 14.5 Å². The van der Waals surface area contributed by atoms with Crippen molar-refractivity contribution in [1.29, 1.82) is 0 Å². The number of nitrogens with zero attached hydrogens (tertiary/aromatic N) is 1. The van der Waals surface area contributed by atoms with Crippen LogP contribution < -0.4 is 10.6 Å². The molecule has 0 bridgehead atoms. The highest BCUT2D eigenvalue weighted by Gasteiger charge is 2.51. The zero-order valence-electron chi connectivity index (χ0n) is 15.6. The number of benzene rings is 2. The average molecular weight is 377 g/mol. The zero-order chi connectivity index (χ0) is 19.6. The smallest absolute Gasteiger partial charge is 0.324 e.